The molecule has 1 aromatic heterocycles. The average Bonchev–Trinajstić information content (AvgIpc) is 2.84. The molecule has 0 atom stereocenters. The van der Waals surface area contributed by atoms with Crippen molar-refractivity contribution in [3.8, 4) is 0 Å². The highest BCUT2D eigenvalue weighted by Gasteiger charge is 2.15. The van der Waals surface area contributed by atoms with Crippen molar-refractivity contribution >= 4 is 40.1 Å². The zero-order valence-electron chi connectivity index (χ0n) is 9.65. The van der Waals surface area contributed by atoms with Crippen LogP contribution in [0, 0.1) is 3.57 Å². The van der Waals surface area contributed by atoms with Crippen LogP contribution in [0.2, 0.25) is 5.02 Å². The number of amides is 1. The van der Waals surface area contributed by atoms with Crippen LogP contribution in [-0.4, -0.2) is 28.1 Å². The van der Waals surface area contributed by atoms with Crippen molar-refractivity contribution in [1.82, 2.24) is 15.1 Å². The quantitative estimate of drug-likeness (QED) is 0.839. The van der Waals surface area contributed by atoms with Gasteiger partial charge in [-0.1, -0.05) is 11.6 Å². The van der Waals surface area contributed by atoms with E-state index in [2.05, 4.69) is 32.8 Å². The number of benzene rings is 1. The molecule has 0 radical (unpaired) electrons. The first-order valence-corrected chi connectivity index (χ1v) is 6.72. The second-order valence-corrected chi connectivity index (χ2v) is 5.49. The van der Waals surface area contributed by atoms with Gasteiger partial charge in [-0.3, -0.25) is 9.89 Å². The van der Waals surface area contributed by atoms with Gasteiger partial charge in [0, 0.05) is 33.9 Å². The molecule has 2 rings (SSSR count). The van der Waals surface area contributed by atoms with Crippen LogP contribution in [0.1, 0.15) is 15.9 Å². The van der Waals surface area contributed by atoms with Gasteiger partial charge in [0.2, 0.25) is 0 Å². The Balaban J connectivity index is 2.17. The molecule has 0 aliphatic heterocycles. The molecule has 1 amide bonds. The Labute approximate surface area is 123 Å². The standard InChI is InChI=1S/C12H11ClIN3O/c1-17(7-8-5-15-16-6-8)12(18)10-4-9(13)2-3-11(10)14/h2-6H,7H2,1H3,(H,15,16). The molecule has 2 aromatic rings. The minimum Gasteiger partial charge on any atom is -0.337 e. The Hall–Kier alpha value is -1.08. The number of aromatic nitrogens is 2. The first-order chi connectivity index (χ1) is 8.58. The molecule has 6 heteroatoms. The maximum atomic E-state index is 12.3. The van der Waals surface area contributed by atoms with Crippen molar-refractivity contribution in [2.75, 3.05) is 7.05 Å². The van der Waals surface area contributed by atoms with Crippen molar-refractivity contribution in [3.63, 3.8) is 0 Å². The Kier molecular flexibility index (Phi) is 4.23. The van der Waals surface area contributed by atoms with Gasteiger partial charge in [0.25, 0.3) is 5.91 Å². The summed E-state index contributed by atoms with van der Waals surface area (Å²) in [4.78, 5) is 13.9. The third kappa shape index (κ3) is 3.02. The van der Waals surface area contributed by atoms with E-state index in [0.717, 1.165) is 9.13 Å². The number of hydrogen-bond donors (Lipinski definition) is 1. The lowest BCUT2D eigenvalue weighted by Crippen LogP contribution is -2.26. The highest BCUT2D eigenvalue weighted by molar-refractivity contribution is 14.1. The van der Waals surface area contributed by atoms with Crippen LogP contribution in [0.5, 0.6) is 0 Å². The summed E-state index contributed by atoms with van der Waals surface area (Å²) < 4.78 is 0.890. The third-order valence-corrected chi connectivity index (χ3v) is 3.66. The fourth-order valence-electron chi connectivity index (χ4n) is 1.58. The number of carbonyl (C=O) groups excluding carboxylic acids is 1. The van der Waals surface area contributed by atoms with Crippen LogP contribution in [0.25, 0.3) is 0 Å². The summed E-state index contributed by atoms with van der Waals surface area (Å²) in [5.41, 5.74) is 1.58. The number of hydrogen-bond acceptors (Lipinski definition) is 2. The van der Waals surface area contributed by atoms with Crippen molar-refractivity contribution in [2.24, 2.45) is 0 Å². The minimum absolute atomic E-state index is 0.0527. The molecule has 1 aromatic carbocycles. The Morgan fingerprint density at radius 1 is 1.56 bits per heavy atom. The van der Waals surface area contributed by atoms with Crippen molar-refractivity contribution in [1.29, 1.82) is 0 Å². The highest BCUT2D eigenvalue weighted by Crippen LogP contribution is 2.19. The van der Waals surface area contributed by atoms with Crippen LogP contribution in [0.4, 0.5) is 0 Å². The van der Waals surface area contributed by atoms with E-state index in [-0.39, 0.29) is 5.91 Å². The number of nitrogens with one attached hydrogen (secondary N) is 1. The second-order valence-electron chi connectivity index (χ2n) is 3.89. The lowest BCUT2D eigenvalue weighted by Gasteiger charge is -2.17. The van der Waals surface area contributed by atoms with E-state index in [1.807, 2.05) is 6.07 Å². The van der Waals surface area contributed by atoms with E-state index in [0.29, 0.717) is 17.1 Å². The van der Waals surface area contributed by atoms with Crippen molar-refractivity contribution < 1.29 is 4.79 Å². The lowest BCUT2D eigenvalue weighted by molar-refractivity contribution is 0.0784. The molecule has 0 aliphatic carbocycles. The third-order valence-electron chi connectivity index (χ3n) is 2.48. The fraction of sp³-hybridized carbons (Fsp3) is 0.167. The van der Waals surface area contributed by atoms with E-state index in [4.69, 9.17) is 11.6 Å². The van der Waals surface area contributed by atoms with Crippen LogP contribution < -0.4 is 0 Å². The fourth-order valence-corrected chi connectivity index (χ4v) is 2.32. The SMILES string of the molecule is CN(Cc1cn[nH]c1)C(=O)c1cc(Cl)ccc1I. The summed E-state index contributed by atoms with van der Waals surface area (Å²) in [6, 6.07) is 5.30. The molecular formula is C12H11ClIN3O. The molecule has 1 N–H and O–H groups in total. The number of nitrogens with zero attached hydrogens (tertiary/aromatic N) is 2. The molecule has 0 saturated carbocycles. The van der Waals surface area contributed by atoms with Gasteiger partial charge in [-0.15, -0.1) is 0 Å². The topological polar surface area (TPSA) is 49.0 Å². The Morgan fingerprint density at radius 3 is 3.00 bits per heavy atom. The molecule has 0 aliphatic rings. The van der Waals surface area contributed by atoms with E-state index >= 15 is 0 Å². The largest absolute Gasteiger partial charge is 0.337 e. The predicted molar refractivity (Wildman–Crippen MR) is 78.6 cm³/mol. The highest BCUT2D eigenvalue weighted by atomic mass is 127. The molecule has 18 heavy (non-hydrogen) atoms. The van der Waals surface area contributed by atoms with Gasteiger partial charge < -0.3 is 4.90 Å². The van der Waals surface area contributed by atoms with Gasteiger partial charge in [0.05, 0.1) is 11.8 Å². The summed E-state index contributed by atoms with van der Waals surface area (Å²) in [6.07, 6.45) is 3.47. The molecule has 0 bridgehead atoms. The lowest BCUT2D eigenvalue weighted by atomic mass is 10.2. The number of carbonyl (C=O) groups is 1. The van der Waals surface area contributed by atoms with Crippen LogP contribution in [0.15, 0.2) is 30.6 Å². The molecule has 1 heterocycles. The first kappa shape index (κ1) is 13.4. The molecule has 0 spiro atoms. The Bertz CT molecular complexity index is 556. The zero-order chi connectivity index (χ0) is 13.1. The number of rotatable bonds is 3. The normalized spacial score (nSPS) is 10.4. The maximum Gasteiger partial charge on any atom is 0.255 e. The summed E-state index contributed by atoms with van der Waals surface area (Å²) in [5, 5.41) is 7.14. The summed E-state index contributed by atoms with van der Waals surface area (Å²) in [6.45, 7) is 0.512. The molecule has 94 valence electrons. The van der Waals surface area contributed by atoms with Crippen LogP contribution >= 0.6 is 34.2 Å². The van der Waals surface area contributed by atoms with Crippen LogP contribution in [0.3, 0.4) is 0 Å². The van der Waals surface area contributed by atoms with E-state index in [1.54, 1.807) is 36.5 Å². The van der Waals surface area contributed by atoms with Gasteiger partial charge in [-0.25, -0.2) is 0 Å². The van der Waals surface area contributed by atoms with Gasteiger partial charge in [0.1, 0.15) is 0 Å². The molecule has 0 fully saturated rings. The van der Waals surface area contributed by atoms with Gasteiger partial charge in [-0.05, 0) is 40.8 Å². The number of halogens is 2. The van der Waals surface area contributed by atoms with E-state index < -0.39 is 0 Å². The zero-order valence-corrected chi connectivity index (χ0v) is 12.6. The average molecular weight is 376 g/mol. The van der Waals surface area contributed by atoms with Gasteiger partial charge in [-0.2, -0.15) is 5.10 Å². The van der Waals surface area contributed by atoms with E-state index in [1.165, 1.54) is 0 Å². The van der Waals surface area contributed by atoms with Gasteiger partial charge >= 0.3 is 0 Å². The monoisotopic (exact) mass is 375 g/mol. The smallest absolute Gasteiger partial charge is 0.255 e. The Morgan fingerprint density at radius 2 is 2.33 bits per heavy atom. The van der Waals surface area contributed by atoms with Crippen molar-refractivity contribution in [2.45, 2.75) is 6.54 Å². The van der Waals surface area contributed by atoms with Gasteiger partial charge in [0.15, 0.2) is 0 Å². The molecule has 0 unspecified atom stereocenters. The second kappa shape index (κ2) is 5.71. The number of H-pyrrole nitrogens is 1. The first-order valence-electron chi connectivity index (χ1n) is 5.26. The van der Waals surface area contributed by atoms with E-state index in [9.17, 15) is 4.79 Å². The molecule has 0 saturated heterocycles. The van der Waals surface area contributed by atoms with Crippen LogP contribution in [-0.2, 0) is 6.54 Å². The minimum atomic E-state index is -0.0527. The predicted octanol–water partition coefficient (Wildman–Crippen LogP) is 2.94. The van der Waals surface area contributed by atoms with Crippen molar-refractivity contribution in [3.05, 3.63) is 50.3 Å². The summed E-state index contributed by atoms with van der Waals surface area (Å²) in [7, 11) is 1.76. The molecular weight excluding hydrogens is 365 g/mol. The summed E-state index contributed by atoms with van der Waals surface area (Å²) >= 11 is 8.05. The maximum absolute atomic E-state index is 12.3. The molecule has 4 nitrogen and oxygen atoms in total. The number of aromatic amines is 1. The summed E-state index contributed by atoms with van der Waals surface area (Å²) in [5.74, 6) is -0.0527.